The van der Waals surface area contributed by atoms with Crippen molar-refractivity contribution >= 4 is 0 Å². The van der Waals surface area contributed by atoms with Crippen molar-refractivity contribution in [1.82, 2.24) is 9.78 Å². The first-order chi connectivity index (χ1) is 8.01. The summed E-state index contributed by atoms with van der Waals surface area (Å²) in [6.45, 7) is 5.05. The van der Waals surface area contributed by atoms with Crippen LogP contribution < -0.4 is 5.73 Å². The van der Waals surface area contributed by atoms with Gasteiger partial charge in [0, 0.05) is 31.8 Å². The highest BCUT2D eigenvalue weighted by Gasteiger charge is 2.28. The Bertz CT molecular complexity index is 329. The molecule has 0 aliphatic heterocycles. The zero-order valence-corrected chi connectivity index (χ0v) is 11.2. The molecular weight excluding hydrogens is 214 g/mol. The number of nitrogens with two attached hydrogens (primary N) is 1. The van der Waals surface area contributed by atoms with E-state index in [1.165, 1.54) is 5.56 Å². The van der Waals surface area contributed by atoms with E-state index >= 15 is 0 Å². The van der Waals surface area contributed by atoms with Crippen molar-refractivity contribution in [3.63, 3.8) is 0 Å². The topological polar surface area (TPSA) is 64.1 Å². The first-order valence-corrected chi connectivity index (χ1v) is 6.30. The average Bonchev–Trinajstić information content (AvgIpc) is 2.70. The minimum atomic E-state index is -0.135. The molecule has 0 saturated carbocycles. The third-order valence-electron chi connectivity index (χ3n) is 3.31. The minimum absolute atomic E-state index is 0.135. The Kier molecular flexibility index (Phi) is 5.15. The van der Waals surface area contributed by atoms with Gasteiger partial charge in [0.15, 0.2) is 0 Å². The predicted molar refractivity (Wildman–Crippen MR) is 69.6 cm³/mol. The number of aromatic nitrogens is 2. The zero-order chi connectivity index (χ0) is 12.9. The molecule has 0 aliphatic rings. The van der Waals surface area contributed by atoms with Gasteiger partial charge in [0.1, 0.15) is 0 Å². The first kappa shape index (κ1) is 14.2. The number of rotatable bonds is 7. The van der Waals surface area contributed by atoms with E-state index in [4.69, 9.17) is 5.73 Å². The van der Waals surface area contributed by atoms with Crippen molar-refractivity contribution in [2.75, 3.05) is 13.2 Å². The molecule has 1 heterocycles. The van der Waals surface area contributed by atoms with E-state index in [1.807, 2.05) is 19.4 Å². The fraction of sp³-hybridized carbons (Fsp3) is 0.769. The van der Waals surface area contributed by atoms with Gasteiger partial charge in [0.05, 0.1) is 6.20 Å². The summed E-state index contributed by atoms with van der Waals surface area (Å²) < 4.78 is 1.81. The number of aryl methyl sites for hydroxylation is 2. The molecule has 1 unspecified atom stereocenters. The van der Waals surface area contributed by atoms with Gasteiger partial charge >= 0.3 is 0 Å². The molecule has 4 heteroatoms. The maximum atomic E-state index is 9.61. The molecule has 0 amide bonds. The predicted octanol–water partition coefficient (Wildman–Crippen LogP) is 1.34. The fourth-order valence-electron chi connectivity index (χ4n) is 2.37. The molecule has 0 radical (unpaired) electrons. The number of nitrogens with zero attached hydrogens (tertiary/aromatic N) is 2. The van der Waals surface area contributed by atoms with Crippen molar-refractivity contribution in [2.24, 2.45) is 24.1 Å². The van der Waals surface area contributed by atoms with Crippen LogP contribution >= 0.6 is 0 Å². The number of hydrogen-bond donors (Lipinski definition) is 2. The third-order valence-corrected chi connectivity index (χ3v) is 3.31. The molecular formula is C13H25N3O. The summed E-state index contributed by atoms with van der Waals surface area (Å²) in [6, 6.07) is 0. The van der Waals surface area contributed by atoms with Crippen LogP contribution in [0.1, 0.15) is 32.3 Å². The van der Waals surface area contributed by atoms with Gasteiger partial charge in [-0.25, -0.2) is 0 Å². The molecule has 17 heavy (non-hydrogen) atoms. The van der Waals surface area contributed by atoms with Gasteiger partial charge in [-0.3, -0.25) is 4.68 Å². The average molecular weight is 239 g/mol. The van der Waals surface area contributed by atoms with E-state index in [2.05, 4.69) is 18.9 Å². The van der Waals surface area contributed by atoms with E-state index in [0.29, 0.717) is 12.5 Å². The summed E-state index contributed by atoms with van der Waals surface area (Å²) in [4.78, 5) is 0. The molecule has 0 fully saturated rings. The Morgan fingerprint density at radius 1 is 1.53 bits per heavy atom. The summed E-state index contributed by atoms with van der Waals surface area (Å²) >= 11 is 0. The molecule has 1 atom stereocenters. The van der Waals surface area contributed by atoms with Crippen molar-refractivity contribution in [3.8, 4) is 0 Å². The molecule has 4 nitrogen and oxygen atoms in total. The maximum Gasteiger partial charge on any atom is 0.0521 e. The second-order valence-electron chi connectivity index (χ2n) is 5.48. The van der Waals surface area contributed by atoms with Crippen molar-refractivity contribution in [1.29, 1.82) is 0 Å². The van der Waals surface area contributed by atoms with Crippen molar-refractivity contribution in [2.45, 2.75) is 33.1 Å². The van der Waals surface area contributed by atoms with Crippen LogP contribution in [0, 0.1) is 11.3 Å². The molecule has 98 valence electrons. The number of hydrogen-bond acceptors (Lipinski definition) is 3. The summed E-state index contributed by atoms with van der Waals surface area (Å²) in [7, 11) is 1.92. The molecule has 0 aromatic carbocycles. The molecule has 1 aromatic rings. The highest BCUT2D eigenvalue weighted by Crippen LogP contribution is 2.30. The SMILES string of the molecule is CC(C)CC(CN)(CO)CCc1cnn(C)c1. The Labute approximate surface area is 104 Å². The fourth-order valence-corrected chi connectivity index (χ4v) is 2.37. The van der Waals surface area contributed by atoms with Crippen LogP contribution in [0.2, 0.25) is 0 Å². The highest BCUT2D eigenvalue weighted by atomic mass is 16.3. The van der Waals surface area contributed by atoms with Gasteiger partial charge in [-0.15, -0.1) is 0 Å². The van der Waals surface area contributed by atoms with Crippen LogP contribution in [0.25, 0.3) is 0 Å². The summed E-state index contributed by atoms with van der Waals surface area (Å²) in [5.41, 5.74) is 6.93. The summed E-state index contributed by atoms with van der Waals surface area (Å²) in [5.74, 6) is 0.555. The van der Waals surface area contributed by atoms with Crippen molar-refractivity contribution < 1.29 is 5.11 Å². The van der Waals surface area contributed by atoms with Crippen LogP contribution in [0.5, 0.6) is 0 Å². The van der Waals surface area contributed by atoms with E-state index in [-0.39, 0.29) is 12.0 Å². The van der Waals surface area contributed by atoms with Crippen LogP contribution in [-0.4, -0.2) is 28.0 Å². The standard InChI is InChI=1S/C13H25N3O/c1-11(2)6-13(9-14,10-17)5-4-12-7-15-16(3)8-12/h7-8,11,17H,4-6,9-10,14H2,1-3H3. The van der Waals surface area contributed by atoms with Crippen LogP contribution in [0.15, 0.2) is 12.4 Å². The Hall–Kier alpha value is -0.870. The van der Waals surface area contributed by atoms with Crippen LogP contribution in [0.3, 0.4) is 0 Å². The molecule has 0 bridgehead atoms. The highest BCUT2D eigenvalue weighted by molar-refractivity contribution is 5.04. The van der Waals surface area contributed by atoms with Gasteiger partial charge in [-0.05, 0) is 30.7 Å². The number of aliphatic hydroxyl groups is 1. The van der Waals surface area contributed by atoms with E-state index in [1.54, 1.807) is 4.68 Å². The lowest BCUT2D eigenvalue weighted by atomic mass is 9.76. The van der Waals surface area contributed by atoms with Crippen LogP contribution in [-0.2, 0) is 13.5 Å². The second kappa shape index (κ2) is 6.17. The smallest absolute Gasteiger partial charge is 0.0521 e. The lowest BCUT2D eigenvalue weighted by molar-refractivity contribution is 0.0989. The maximum absolute atomic E-state index is 9.61. The molecule has 0 saturated heterocycles. The zero-order valence-electron chi connectivity index (χ0n) is 11.2. The molecule has 1 aromatic heterocycles. The largest absolute Gasteiger partial charge is 0.396 e. The molecule has 3 N–H and O–H groups in total. The normalized spacial score (nSPS) is 15.2. The first-order valence-electron chi connectivity index (χ1n) is 6.30. The van der Waals surface area contributed by atoms with E-state index in [9.17, 15) is 5.11 Å². The Balaban J connectivity index is 2.60. The summed E-state index contributed by atoms with van der Waals surface area (Å²) in [6.07, 6.45) is 6.73. The molecule has 0 aliphatic carbocycles. The third kappa shape index (κ3) is 4.13. The Morgan fingerprint density at radius 2 is 2.24 bits per heavy atom. The second-order valence-corrected chi connectivity index (χ2v) is 5.48. The van der Waals surface area contributed by atoms with Crippen molar-refractivity contribution in [3.05, 3.63) is 18.0 Å². The van der Waals surface area contributed by atoms with Gasteiger partial charge in [-0.1, -0.05) is 13.8 Å². The lowest BCUT2D eigenvalue weighted by Crippen LogP contribution is -2.36. The number of aliphatic hydroxyl groups excluding tert-OH is 1. The van der Waals surface area contributed by atoms with Crippen LogP contribution in [0.4, 0.5) is 0 Å². The molecule has 1 rings (SSSR count). The summed E-state index contributed by atoms with van der Waals surface area (Å²) in [5, 5.41) is 13.8. The van der Waals surface area contributed by atoms with Gasteiger partial charge in [-0.2, -0.15) is 5.10 Å². The Morgan fingerprint density at radius 3 is 2.65 bits per heavy atom. The molecule has 0 spiro atoms. The van der Waals surface area contributed by atoms with Gasteiger partial charge in [0.2, 0.25) is 0 Å². The minimum Gasteiger partial charge on any atom is -0.396 e. The van der Waals surface area contributed by atoms with E-state index < -0.39 is 0 Å². The lowest BCUT2D eigenvalue weighted by Gasteiger charge is -2.32. The van der Waals surface area contributed by atoms with Gasteiger partial charge < -0.3 is 10.8 Å². The monoisotopic (exact) mass is 239 g/mol. The quantitative estimate of drug-likeness (QED) is 0.754. The van der Waals surface area contributed by atoms with Gasteiger partial charge in [0.25, 0.3) is 0 Å². The van der Waals surface area contributed by atoms with E-state index in [0.717, 1.165) is 19.3 Å².